The van der Waals surface area contributed by atoms with E-state index in [-0.39, 0.29) is 22.9 Å². The van der Waals surface area contributed by atoms with Gasteiger partial charge in [0, 0.05) is 18.8 Å². The lowest BCUT2D eigenvalue weighted by Crippen LogP contribution is -2.56. The van der Waals surface area contributed by atoms with Crippen LogP contribution in [0.25, 0.3) is 0 Å². The minimum atomic E-state index is -0.248. The van der Waals surface area contributed by atoms with Crippen molar-refractivity contribution in [3.8, 4) is 6.07 Å². The van der Waals surface area contributed by atoms with Crippen LogP contribution in [0.1, 0.15) is 56.6 Å². The summed E-state index contributed by atoms with van der Waals surface area (Å²) in [5.41, 5.74) is 2.74. The molecule has 4 aliphatic carbocycles. The molecule has 148 valence electrons. The number of hydrogen-bond acceptors (Lipinski definition) is 3. The number of nitriles is 1. The van der Waals surface area contributed by atoms with Crippen LogP contribution < -0.4 is 10.6 Å². The van der Waals surface area contributed by atoms with E-state index in [1.165, 1.54) is 44.1 Å². The number of carbonyl (C=O) groups is 1. The zero-order valence-electron chi connectivity index (χ0n) is 17.0. The molecule has 4 saturated carbocycles. The predicted octanol–water partition coefficient (Wildman–Crippen LogP) is 4.21. The molecule has 1 unspecified atom stereocenters. The Bertz CT molecular complexity index is 784. The van der Waals surface area contributed by atoms with E-state index in [4.69, 9.17) is 0 Å². The van der Waals surface area contributed by atoms with Gasteiger partial charge in [0.05, 0.1) is 0 Å². The first-order chi connectivity index (χ1) is 13.5. The number of nitrogens with zero attached hydrogens (tertiary/aromatic N) is 1. The maximum absolute atomic E-state index is 12.7. The van der Waals surface area contributed by atoms with Gasteiger partial charge in [-0.25, -0.2) is 0 Å². The molecule has 0 spiro atoms. The molecule has 4 bridgehead atoms. The number of benzene rings is 1. The minimum Gasteiger partial charge on any atom is -0.386 e. The fraction of sp³-hybridized carbons (Fsp3) is 0.583. The Morgan fingerprint density at radius 3 is 2.46 bits per heavy atom. The van der Waals surface area contributed by atoms with Crippen LogP contribution >= 0.6 is 0 Å². The monoisotopic (exact) mass is 377 g/mol. The molecule has 1 aromatic carbocycles. The molecule has 1 atom stereocenters. The molecule has 5 rings (SSSR count). The summed E-state index contributed by atoms with van der Waals surface area (Å²) in [6, 6.07) is 10.4. The van der Waals surface area contributed by atoms with Crippen molar-refractivity contribution in [1.82, 2.24) is 10.6 Å². The average Bonchev–Trinajstić information content (AvgIpc) is 2.64. The van der Waals surface area contributed by atoms with Gasteiger partial charge in [-0.3, -0.25) is 4.79 Å². The van der Waals surface area contributed by atoms with Gasteiger partial charge < -0.3 is 10.6 Å². The van der Waals surface area contributed by atoms with Gasteiger partial charge in [-0.1, -0.05) is 29.8 Å². The van der Waals surface area contributed by atoms with Crippen LogP contribution in [-0.4, -0.2) is 11.9 Å². The number of amides is 1. The average molecular weight is 378 g/mol. The van der Waals surface area contributed by atoms with Crippen LogP contribution in [0.2, 0.25) is 0 Å². The van der Waals surface area contributed by atoms with Crippen LogP contribution in [0.4, 0.5) is 0 Å². The molecular formula is C24H31N3O. The highest BCUT2D eigenvalue weighted by Crippen LogP contribution is 2.61. The number of carbonyl (C=O) groups excluding carboxylic acids is 1. The molecule has 0 radical (unpaired) electrons. The minimum absolute atomic E-state index is 0.127. The SMILES string of the molecule is Cc1cccc(CN/C=C(/C#N)C(=O)NC(C)C23CC4CC(CC(C4)C2)C3)c1. The first kappa shape index (κ1) is 19.1. The van der Waals surface area contributed by atoms with Gasteiger partial charge in [0.15, 0.2) is 0 Å². The predicted molar refractivity (Wildman–Crippen MR) is 110 cm³/mol. The second-order valence-corrected chi connectivity index (χ2v) is 9.51. The molecule has 4 nitrogen and oxygen atoms in total. The van der Waals surface area contributed by atoms with E-state index < -0.39 is 0 Å². The van der Waals surface area contributed by atoms with Crippen LogP contribution in [0, 0.1) is 41.4 Å². The van der Waals surface area contributed by atoms with Gasteiger partial charge in [0.25, 0.3) is 5.91 Å². The van der Waals surface area contributed by atoms with Crippen LogP contribution in [0.5, 0.6) is 0 Å². The van der Waals surface area contributed by atoms with Crippen molar-refractivity contribution in [3.05, 3.63) is 47.2 Å². The smallest absolute Gasteiger partial charge is 0.263 e. The summed E-state index contributed by atoms with van der Waals surface area (Å²) in [6.07, 6.45) is 9.49. The number of aryl methyl sites for hydroxylation is 1. The van der Waals surface area contributed by atoms with Gasteiger partial charge in [0.1, 0.15) is 11.6 Å². The lowest BCUT2D eigenvalue weighted by atomic mass is 9.48. The molecule has 2 N–H and O–H groups in total. The second-order valence-electron chi connectivity index (χ2n) is 9.51. The van der Waals surface area contributed by atoms with Crippen molar-refractivity contribution < 1.29 is 4.79 Å². The Balaban J connectivity index is 1.37. The number of hydrogen-bond donors (Lipinski definition) is 2. The Labute approximate surface area is 168 Å². The Morgan fingerprint density at radius 1 is 1.25 bits per heavy atom. The highest BCUT2D eigenvalue weighted by Gasteiger charge is 2.53. The molecule has 4 aliphatic rings. The maximum atomic E-state index is 12.7. The summed E-state index contributed by atoms with van der Waals surface area (Å²) < 4.78 is 0. The molecular weight excluding hydrogens is 346 g/mol. The van der Waals surface area contributed by atoms with Gasteiger partial charge >= 0.3 is 0 Å². The second kappa shape index (κ2) is 7.62. The van der Waals surface area contributed by atoms with E-state index >= 15 is 0 Å². The highest BCUT2D eigenvalue weighted by atomic mass is 16.1. The number of rotatable bonds is 6. The third-order valence-electron chi connectivity index (χ3n) is 7.35. The molecule has 1 amide bonds. The molecule has 0 saturated heterocycles. The normalized spacial score (nSPS) is 31.9. The summed E-state index contributed by atoms with van der Waals surface area (Å²) in [4.78, 5) is 12.7. The van der Waals surface area contributed by atoms with Gasteiger partial charge in [0.2, 0.25) is 0 Å². The first-order valence-electron chi connectivity index (χ1n) is 10.7. The zero-order valence-corrected chi connectivity index (χ0v) is 17.0. The largest absolute Gasteiger partial charge is 0.386 e. The van der Waals surface area contributed by atoms with E-state index in [0.29, 0.717) is 6.54 Å². The quantitative estimate of drug-likeness (QED) is 0.576. The van der Waals surface area contributed by atoms with Crippen LogP contribution in [0.15, 0.2) is 36.0 Å². The van der Waals surface area contributed by atoms with Crippen molar-refractivity contribution in [1.29, 1.82) is 5.26 Å². The maximum Gasteiger partial charge on any atom is 0.263 e. The Hall–Kier alpha value is -2.28. The summed E-state index contributed by atoms with van der Waals surface area (Å²) in [5.74, 6) is 2.32. The molecule has 4 fully saturated rings. The molecule has 0 heterocycles. The van der Waals surface area contributed by atoms with E-state index in [0.717, 1.165) is 23.3 Å². The van der Waals surface area contributed by atoms with E-state index in [2.05, 4.69) is 42.7 Å². The lowest BCUT2D eigenvalue weighted by molar-refractivity contribution is -0.122. The van der Waals surface area contributed by atoms with Gasteiger partial charge in [-0.2, -0.15) is 5.26 Å². The lowest BCUT2D eigenvalue weighted by Gasteiger charge is -2.59. The summed E-state index contributed by atoms with van der Waals surface area (Å²) in [7, 11) is 0. The summed E-state index contributed by atoms with van der Waals surface area (Å²) in [6.45, 7) is 4.81. The van der Waals surface area contributed by atoms with E-state index in [9.17, 15) is 10.1 Å². The topological polar surface area (TPSA) is 64.9 Å². The van der Waals surface area contributed by atoms with E-state index in [1.807, 2.05) is 12.1 Å². The van der Waals surface area contributed by atoms with Crippen molar-refractivity contribution in [2.75, 3.05) is 0 Å². The van der Waals surface area contributed by atoms with Crippen molar-refractivity contribution >= 4 is 5.91 Å². The fourth-order valence-electron chi connectivity index (χ4n) is 6.38. The van der Waals surface area contributed by atoms with Crippen LogP contribution in [-0.2, 0) is 11.3 Å². The highest BCUT2D eigenvalue weighted by molar-refractivity contribution is 5.97. The Morgan fingerprint density at radius 2 is 1.89 bits per heavy atom. The fourth-order valence-corrected chi connectivity index (χ4v) is 6.38. The van der Waals surface area contributed by atoms with Crippen molar-refractivity contribution in [2.45, 2.75) is 65.0 Å². The summed E-state index contributed by atoms with van der Waals surface area (Å²) >= 11 is 0. The zero-order chi connectivity index (χ0) is 19.7. The standard InChI is InChI=1S/C24H31N3O/c1-16-4-3-5-18(6-16)14-26-15-22(13-25)23(28)27-17(2)24-10-19-7-20(11-24)9-21(8-19)12-24/h3-6,15,17,19-21,26H,7-12,14H2,1-2H3,(H,27,28)/b22-15-. The molecule has 0 aromatic heterocycles. The van der Waals surface area contributed by atoms with Gasteiger partial charge in [-0.15, -0.1) is 0 Å². The third kappa shape index (κ3) is 3.81. The van der Waals surface area contributed by atoms with E-state index in [1.54, 1.807) is 6.20 Å². The molecule has 28 heavy (non-hydrogen) atoms. The Kier molecular flexibility index (Phi) is 5.19. The molecule has 0 aliphatic heterocycles. The van der Waals surface area contributed by atoms with Crippen LogP contribution in [0.3, 0.4) is 0 Å². The molecule has 1 aromatic rings. The number of nitrogens with one attached hydrogen (secondary N) is 2. The molecule has 4 heteroatoms. The summed E-state index contributed by atoms with van der Waals surface area (Å²) in [5, 5.41) is 15.8. The van der Waals surface area contributed by atoms with Crippen molar-refractivity contribution in [3.63, 3.8) is 0 Å². The van der Waals surface area contributed by atoms with Gasteiger partial charge in [-0.05, 0) is 81.1 Å². The third-order valence-corrected chi connectivity index (χ3v) is 7.35. The first-order valence-corrected chi connectivity index (χ1v) is 10.7. The van der Waals surface area contributed by atoms with Crippen molar-refractivity contribution in [2.24, 2.45) is 23.2 Å².